The first kappa shape index (κ1) is 15.8. The number of carbonyl (C=O) groups is 1. The van der Waals surface area contributed by atoms with Crippen LogP contribution in [-0.4, -0.2) is 21.1 Å². The van der Waals surface area contributed by atoms with E-state index in [0.717, 1.165) is 23.9 Å². The topological polar surface area (TPSA) is 56.0 Å². The number of benzene rings is 1. The van der Waals surface area contributed by atoms with E-state index >= 15 is 0 Å². The highest BCUT2D eigenvalue weighted by Crippen LogP contribution is 2.17. The first-order valence-corrected chi connectivity index (χ1v) is 8.60. The summed E-state index contributed by atoms with van der Waals surface area (Å²) >= 11 is 0. The van der Waals surface area contributed by atoms with E-state index in [2.05, 4.69) is 5.32 Å². The van der Waals surface area contributed by atoms with Crippen LogP contribution in [0.2, 0.25) is 0 Å². The van der Waals surface area contributed by atoms with Gasteiger partial charge in [0, 0.05) is 26.1 Å². The first-order valence-electron chi connectivity index (χ1n) is 8.60. The molecular weight excluding hydrogens is 290 g/mol. The molecule has 0 unspecified atom stereocenters. The fourth-order valence-electron chi connectivity index (χ4n) is 3.52. The lowest BCUT2D eigenvalue weighted by Crippen LogP contribution is -2.35. The number of aryl methyl sites for hydroxylation is 2. The quantitative estimate of drug-likeness (QED) is 0.882. The zero-order valence-electron chi connectivity index (χ0n) is 13.8. The molecule has 23 heavy (non-hydrogen) atoms. The molecule has 3 rings (SSSR count). The summed E-state index contributed by atoms with van der Waals surface area (Å²) in [6.45, 7) is 0.429. The third-order valence-electron chi connectivity index (χ3n) is 4.83. The van der Waals surface area contributed by atoms with E-state index in [-0.39, 0.29) is 11.6 Å². The molecule has 1 aromatic heterocycles. The largest absolute Gasteiger partial charge is 0.353 e. The number of nitrogens with zero attached hydrogens (tertiary/aromatic N) is 2. The number of imidazole rings is 1. The van der Waals surface area contributed by atoms with Gasteiger partial charge in [-0.15, -0.1) is 0 Å². The van der Waals surface area contributed by atoms with Crippen molar-refractivity contribution >= 4 is 16.9 Å². The molecule has 5 nitrogen and oxygen atoms in total. The second-order valence-corrected chi connectivity index (χ2v) is 6.49. The van der Waals surface area contributed by atoms with Crippen molar-refractivity contribution in [1.82, 2.24) is 14.5 Å². The Morgan fingerprint density at radius 1 is 1.13 bits per heavy atom. The Kier molecular flexibility index (Phi) is 4.84. The average Bonchev–Trinajstić information content (AvgIpc) is 2.74. The monoisotopic (exact) mass is 315 g/mol. The Morgan fingerprint density at radius 3 is 2.48 bits per heavy atom. The Morgan fingerprint density at radius 2 is 1.78 bits per heavy atom. The van der Waals surface area contributed by atoms with Crippen molar-refractivity contribution in [3.8, 4) is 0 Å². The lowest BCUT2D eigenvalue weighted by atomic mass is 10.1. The minimum Gasteiger partial charge on any atom is -0.353 e. The number of para-hydroxylation sites is 2. The molecule has 124 valence electrons. The van der Waals surface area contributed by atoms with Crippen molar-refractivity contribution in [3.05, 3.63) is 34.7 Å². The number of carbonyl (C=O) groups excluding carboxylic acids is 1. The number of hydrogen-bond acceptors (Lipinski definition) is 2. The molecule has 0 bridgehead atoms. The van der Waals surface area contributed by atoms with E-state index in [1.807, 2.05) is 24.3 Å². The van der Waals surface area contributed by atoms with Gasteiger partial charge in [-0.1, -0.05) is 37.8 Å². The average molecular weight is 315 g/mol. The zero-order chi connectivity index (χ0) is 16.2. The summed E-state index contributed by atoms with van der Waals surface area (Å²) in [7, 11) is 1.77. The van der Waals surface area contributed by atoms with Crippen LogP contribution in [0.15, 0.2) is 29.1 Å². The Hall–Kier alpha value is -2.04. The molecule has 1 aromatic carbocycles. The molecule has 0 saturated heterocycles. The molecule has 0 atom stereocenters. The molecule has 1 N–H and O–H groups in total. The van der Waals surface area contributed by atoms with E-state index in [1.165, 1.54) is 25.7 Å². The molecule has 1 aliphatic carbocycles. The number of aromatic nitrogens is 2. The Labute approximate surface area is 136 Å². The standard InChI is InChI=1S/C18H25N3O2/c1-20-15-10-6-7-11-16(15)21(18(20)23)13-12-17(22)19-14-8-4-2-3-5-9-14/h6-7,10-11,14H,2-5,8-9,12-13H2,1H3,(H,19,22). The molecule has 2 aromatic rings. The molecule has 1 fully saturated rings. The zero-order valence-corrected chi connectivity index (χ0v) is 13.8. The Bertz CT molecular complexity index is 736. The SMILES string of the molecule is Cn1c(=O)n(CCC(=O)NC2CCCCCC2)c2ccccc21. The number of amides is 1. The van der Waals surface area contributed by atoms with E-state index in [9.17, 15) is 9.59 Å². The molecule has 1 heterocycles. The van der Waals surface area contributed by atoms with Crippen LogP contribution < -0.4 is 11.0 Å². The van der Waals surface area contributed by atoms with Crippen LogP contribution >= 0.6 is 0 Å². The molecule has 1 amide bonds. The third-order valence-corrected chi connectivity index (χ3v) is 4.83. The summed E-state index contributed by atoms with van der Waals surface area (Å²) < 4.78 is 3.33. The molecule has 0 spiro atoms. The van der Waals surface area contributed by atoms with Gasteiger partial charge >= 0.3 is 5.69 Å². The van der Waals surface area contributed by atoms with E-state index < -0.39 is 0 Å². The maximum Gasteiger partial charge on any atom is 0.328 e. The van der Waals surface area contributed by atoms with Gasteiger partial charge in [-0.25, -0.2) is 4.79 Å². The van der Waals surface area contributed by atoms with Gasteiger partial charge in [0.15, 0.2) is 0 Å². The fraction of sp³-hybridized carbons (Fsp3) is 0.556. The predicted octanol–water partition coefficient (Wildman–Crippen LogP) is 2.57. The number of rotatable bonds is 4. The lowest BCUT2D eigenvalue weighted by molar-refractivity contribution is -0.122. The van der Waals surface area contributed by atoms with Gasteiger partial charge in [0.05, 0.1) is 11.0 Å². The number of hydrogen-bond donors (Lipinski definition) is 1. The smallest absolute Gasteiger partial charge is 0.328 e. The summed E-state index contributed by atoms with van der Waals surface area (Å²) in [6.07, 6.45) is 7.47. The van der Waals surface area contributed by atoms with Crippen LogP contribution in [0, 0.1) is 0 Å². The summed E-state index contributed by atoms with van der Waals surface area (Å²) in [5.74, 6) is 0.0525. The van der Waals surface area contributed by atoms with Gasteiger partial charge in [-0.05, 0) is 25.0 Å². The summed E-state index contributed by atoms with van der Waals surface area (Å²) in [5.41, 5.74) is 1.73. The van der Waals surface area contributed by atoms with Gasteiger partial charge in [0.2, 0.25) is 5.91 Å². The van der Waals surface area contributed by atoms with E-state index in [4.69, 9.17) is 0 Å². The second-order valence-electron chi connectivity index (χ2n) is 6.49. The molecule has 1 saturated carbocycles. The highest BCUT2D eigenvalue weighted by molar-refractivity contribution is 5.78. The van der Waals surface area contributed by atoms with Crippen LogP contribution in [0.4, 0.5) is 0 Å². The van der Waals surface area contributed by atoms with Gasteiger partial charge in [-0.2, -0.15) is 0 Å². The van der Waals surface area contributed by atoms with Crippen molar-refractivity contribution in [2.24, 2.45) is 7.05 Å². The number of nitrogens with one attached hydrogen (secondary N) is 1. The summed E-state index contributed by atoms with van der Waals surface area (Å²) in [4.78, 5) is 24.5. The third kappa shape index (κ3) is 3.49. The van der Waals surface area contributed by atoms with E-state index in [1.54, 1.807) is 16.2 Å². The summed E-state index contributed by atoms with van der Waals surface area (Å²) in [6, 6.07) is 8.02. The van der Waals surface area contributed by atoms with Crippen LogP contribution in [-0.2, 0) is 18.4 Å². The molecule has 0 radical (unpaired) electrons. The maximum atomic E-state index is 12.3. The highest BCUT2D eigenvalue weighted by atomic mass is 16.2. The Balaban J connectivity index is 1.65. The van der Waals surface area contributed by atoms with E-state index in [0.29, 0.717) is 19.0 Å². The fourth-order valence-corrected chi connectivity index (χ4v) is 3.52. The molecule has 0 aliphatic heterocycles. The van der Waals surface area contributed by atoms with Crippen molar-refractivity contribution in [2.75, 3.05) is 0 Å². The van der Waals surface area contributed by atoms with Crippen molar-refractivity contribution in [2.45, 2.75) is 57.5 Å². The van der Waals surface area contributed by atoms with Crippen LogP contribution in [0.25, 0.3) is 11.0 Å². The lowest BCUT2D eigenvalue weighted by Gasteiger charge is -2.16. The molecule has 5 heteroatoms. The van der Waals surface area contributed by atoms with Gasteiger partial charge in [-0.3, -0.25) is 13.9 Å². The highest BCUT2D eigenvalue weighted by Gasteiger charge is 2.16. The summed E-state index contributed by atoms with van der Waals surface area (Å²) in [5, 5.41) is 3.14. The van der Waals surface area contributed by atoms with Crippen molar-refractivity contribution in [3.63, 3.8) is 0 Å². The van der Waals surface area contributed by atoms with Crippen molar-refractivity contribution < 1.29 is 4.79 Å². The van der Waals surface area contributed by atoms with Crippen LogP contribution in [0.3, 0.4) is 0 Å². The first-order chi connectivity index (χ1) is 11.2. The number of fused-ring (bicyclic) bond motifs is 1. The minimum absolute atomic E-state index is 0.0525. The van der Waals surface area contributed by atoms with Gasteiger partial charge in [0.25, 0.3) is 0 Å². The van der Waals surface area contributed by atoms with Crippen molar-refractivity contribution in [1.29, 1.82) is 0 Å². The normalized spacial score (nSPS) is 16.4. The second kappa shape index (κ2) is 7.02. The van der Waals surface area contributed by atoms with Crippen LogP contribution in [0.1, 0.15) is 44.9 Å². The van der Waals surface area contributed by atoms with Gasteiger partial charge < -0.3 is 5.32 Å². The molecular formula is C18H25N3O2. The predicted molar refractivity (Wildman–Crippen MR) is 91.4 cm³/mol. The minimum atomic E-state index is -0.0616. The molecule has 1 aliphatic rings. The van der Waals surface area contributed by atoms with Crippen LogP contribution in [0.5, 0.6) is 0 Å². The van der Waals surface area contributed by atoms with Gasteiger partial charge in [0.1, 0.15) is 0 Å². The maximum absolute atomic E-state index is 12.3.